The van der Waals surface area contributed by atoms with Crippen LogP contribution in [0.1, 0.15) is 22.8 Å². The number of halogens is 1. The Balaban J connectivity index is 1.83. The summed E-state index contributed by atoms with van der Waals surface area (Å²) < 4.78 is 22.2. The maximum atomic E-state index is 13.9. The molecule has 146 valence electrons. The fraction of sp³-hybridized carbons (Fsp3) is 0.143. The molecule has 0 aliphatic heterocycles. The maximum Gasteiger partial charge on any atom is 0.343 e. The number of fused-ring (bicyclic) bond motifs is 1. The fourth-order valence-electron chi connectivity index (χ4n) is 3.13. The molecule has 0 amide bonds. The van der Waals surface area contributed by atoms with Gasteiger partial charge in [-0.3, -0.25) is 4.79 Å². The van der Waals surface area contributed by atoms with E-state index in [1.165, 1.54) is 30.7 Å². The van der Waals surface area contributed by atoms with Gasteiger partial charge < -0.3 is 9.30 Å². The second-order valence-electron chi connectivity index (χ2n) is 6.38. The molecule has 2 aromatic carbocycles. The number of hydrogen-bond donors (Lipinski definition) is 0. The van der Waals surface area contributed by atoms with Gasteiger partial charge in [0.25, 0.3) is 0 Å². The van der Waals surface area contributed by atoms with E-state index in [4.69, 9.17) is 4.74 Å². The van der Waals surface area contributed by atoms with Crippen molar-refractivity contribution in [2.75, 3.05) is 6.61 Å². The minimum Gasteiger partial charge on any atom is -0.462 e. The smallest absolute Gasteiger partial charge is 0.343 e. The molecule has 0 atom stereocenters. The molecule has 29 heavy (non-hydrogen) atoms. The van der Waals surface area contributed by atoms with E-state index in [-0.39, 0.29) is 17.6 Å². The summed E-state index contributed by atoms with van der Waals surface area (Å²) in [5.41, 5.74) is 1.44. The lowest BCUT2D eigenvalue weighted by Gasteiger charge is -2.14. The van der Waals surface area contributed by atoms with Crippen LogP contribution in [-0.4, -0.2) is 31.9 Å². The van der Waals surface area contributed by atoms with Gasteiger partial charge in [0, 0.05) is 17.3 Å². The van der Waals surface area contributed by atoms with Gasteiger partial charge in [0.1, 0.15) is 24.0 Å². The van der Waals surface area contributed by atoms with E-state index in [0.29, 0.717) is 17.7 Å². The van der Waals surface area contributed by atoms with E-state index in [9.17, 15) is 14.0 Å². The Bertz CT molecular complexity index is 1230. The van der Waals surface area contributed by atoms with Crippen molar-refractivity contribution >= 4 is 16.9 Å². The molecule has 4 aromatic rings. The molecule has 0 spiro atoms. The monoisotopic (exact) mass is 392 g/mol. The lowest BCUT2D eigenvalue weighted by atomic mass is 10.1. The molecule has 0 N–H and O–H groups in total. The molecule has 8 heteroatoms. The van der Waals surface area contributed by atoms with Gasteiger partial charge in [0.05, 0.1) is 18.7 Å². The molecule has 4 rings (SSSR count). The highest BCUT2D eigenvalue weighted by Crippen LogP contribution is 2.20. The Morgan fingerprint density at radius 3 is 2.66 bits per heavy atom. The number of esters is 1. The molecule has 0 aliphatic carbocycles. The summed E-state index contributed by atoms with van der Waals surface area (Å²) in [7, 11) is 0. The van der Waals surface area contributed by atoms with E-state index in [1.54, 1.807) is 22.5 Å². The molecule has 0 saturated heterocycles. The van der Waals surface area contributed by atoms with Gasteiger partial charge in [0.15, 0.2) is 0 Å². The Labute approximate surface area is 165 Å². The predicted molar refractivity (Wildman–Crippen MR) is 105 cm³/mol. The number of pyridine rings is 1. The normalized spacial score (nSPS) is 11.0. The molecule has 0 aliphatic rings. The zero-order chi connectivity index (χ0) is 20.4. The summed E-state index contributed by atoms with van der Waals surface area (Å²) in [5, 5.41) is 4.31. The van der Waals surface area contributed by atoms with E-state index in [1.807, 2.05) is 24.3 Å². The molecular weight excluding hydrogens is 375 g/mol. The van der Waals surface area contributed by atoms with Crippen LogP contribution in [0, 0.1) is 5.82 Å². The van der Waals surface area contributed by atoms with Crippen molar-refractivity contribution in [3.05, 3.63) is 88.5 Å². The summed E-state index contributed by atoms with van der Waals surface area (Å²) in [6, 6.07) is 11.3. The third kappa shape index (κ3) is 3.64. The van der Waals surface area contributed by atoms with Gasteiger partial charge in [-0.25, -0.2) is 18.9 Å². The summed E-state index contributed by atoms with van der Waals surface area (Å²) >= 11 is 0. The molecule has 2 heterocycles. The molecule has 7 nitrogen and oxygen atoms in total. The molecule has 2 aromatic heterocycles. The van der Waals surface area contributed by atoms with Gasteiger partial charge in [-0.1, -0.05) is 12.1 Å². The third-order valence-corrected chi connectivity index (χ3v) is 4.49. The summed E-state index contributed by atoms with van der Waals surface area (Å²) in [6.45, 7) is 2.37. The topological polar surface area (TPSA) is 79.0 Å². The summed E-state index contributed by atoms with van der Waals surface area (Å²) in [6.07, 6.45) is 4.48. The van der Waals surface area contributed by atoms with Crippen LogP contribution in [0.4, 0.5) is 4.39 Å². The van der Waals surface area contributed by atoms with E-state index in [2.05, 4.69) is 10.1 Å². The average molecular weight is 392 g/mol. The van der Waals surface area contributed by atoms with Crippen LogP contribution >= 0.6 is 0 Å². The van der Waals surface area contributed by atoms with Crippen molar-refractivity contribution in [1.29, 1.82) is 0 Å². The molecule has 0 fully saturated rings. The first-order chi connectivity index (χ1) is 14.1. The minimum absolute atomic E-state index is 0.0994. The highest BCUT2D eigenvalue weighted by atomic mass is 19.1. The van der Waals surface area contributed by atoms with Crippen molar-refractivity contribution in [3.63, 3.8) is 0 Å². The Hall–Kier alpha value is -3.81. The zero-order valence-electron chi connectivity index (χ0n) is 15.6. The Morgan fingerprint density at radius 2 is 1.97 bits per heavy atom. The highest BCUT2D eigenvalue weighted by molar-refractivity contribution is 5.94. The van der Waals surface area contributed by atoms with Crippen LogP contribution in [0.25, 0.3) is 16.6 Å². The first-order valence-corrected chi connectivity index (χ1v) is 9.00. The lowest BCUT2D eigenvalue weighted by Crippen LogP contribution is -2.20. The first kappa shape index (κ1) is 18.5. The second-order valence-corrected chi connectivity index (χ2v) is 6.38. The number of hydrogen-bond acceptors (Lipinski definition) is 5. The molecule has 0 bridgehead atoms. The van der Waals surface area contributed by atoms with Crippen molar-refractivity contribution in [2.45, 2.75) is 13.5 Å². The van der Waals surface area contributed by atoms with Crippen molar-refractivity contribution in [2.24, 2.45) is 0 Å². The number of nitrogens with zero attached hydrogens (tertiary/aromatic N) is 4. The van der Waals surface area contributed by atoms with Gasteiger partial charge in [-0.05, 0) is 42.8 Å². The predicted octanol–water partition coefficient (Wildman–Crippen LogP) is 2.95. The second kappa shape index (κ2) is 7.67. The molecular formula is C21H17FN4O3. The average Bonchev–Trinajstić information content (AvgIpc) is 3.22. The van der Waals surface area contributed by atoms with Crippen molar-refractivity contribution in [3.8, 4) is 5.69 Å². The van der Waals surface area contributed by atoms with E-state index in [0.717, 1.165) is 5.56 Å². The lowest BCUT2D eigenvalue weighted by molar-refractivity contribution is 0.0524. The first-order valence-electron chi connectivity index (χ1n) is 9.00. The zero-order valence-corrected chi connectivity index (χ0v) is 15.6. The van der Waals surface area contributed by atoms with Crippen molar-refractivity contribution < 1.29 is 13.9 Å². The third-order valence-electron chi connectivity index (χ3n) is 4.49. The van der Waals surface area contributed by atoms with Gasteiger partial charge in [0.2, 0.25) is 5.43 Å². The van der Waals surface area contributed by atoms with Crippen LogP contribution in [0.15, 0.2) is 66.1 Å². The maximum absolute atomic E-state index is 13.9. The van der Waals surface area contributed by atoms with Gasteiger partial charge in [-0.2, -0.15) is 5.10 Å². The van der Waals surface area contributed by atoms with E-state index < -0.39 is 17.2 Å². The molecule has 0 radical (unpaired) electrons. The summed E-state index contributed by atoms with van der Waals surface area (Å²) in [4.78, 5) is 28.9. The van der Waals surface area contributed by atoms with Crippen LogP contribution in [0.5, 0.6) is 0 Å². The largest absolute Gasteiger partial charge is 0.462 e. The van der Waals surface area contributed by atoms with Crippen LogP contribution in [0.3, 0.4) is 0 Å². The number of carbonyl (C=O) groups is 1. The van der Waals surface area contributed by atoms with Gasteiger partial charge in [-0.15, -0.1) is 0 Å². The number of benzene rings is 2. The Morgan fingerprint density at radius 1 is 1.17 bits per heavy atom. The molecule has 0 saturated carbocycles. The number of ether oxygens (including phenoxy) is 1. The van der Waals surface area contributed by atoms with Crippen molar-refractivity contribution in [1.82, 2.24) is 19.3 Å². The van der Waals surface area contributed by atoms with Gasteiger partial charge >= 0.3 is 5.97 Å². The number of aromatic nitrogens is 4. The van der Waals surface area contributed by atoms with Crippen LogP contribution < -0.4 is 5.43 Å². The number of carbonyl (C=O) groups excluding carboxylic acids is 1. The number of rotatable bonds is 5. The SMILES string of the molecule is CCOC(=O)c1cn(-c2ccc(Cn3cncn3)cc2)c2cc(F)ccc2c1=O. The highest BCUT2D eigenvalue weighted by Gasteiger charge is 2.17. The van der Waals surface area contributed by atoms with Crippen LogP contribution in [-0.2, 0) is 11.3 Å². The standard InChI is InChI=1S/C21H17FN4O3/c1-2-29-21(28)18-11-26(19-9-15(22)5-8-17(19)20(18)27)16-6-3-14(4-7-16)10-25-13-23-12-24-25/h3-9,11-13H,2,10H2,1H3. The summed E-state index contributed by atoms with van der Waals surface area (Å²) in [5.74, 6) is -1.18. The quantitative estimate of drug-likeness (QED) is 0.488. The van der Waals surface area contributed by atoms with E-state index >= 15 is 0 Å². The Kier molecular flexibility index (Phi) is 4.90. The van der Waals surface area contributed by atoms with Crippen LogP contribution in [0.2, 0.25) is 0 Å². The minimum atomic E-state index is -0.708. The fourth-order valence-corrected chi connectivity index (χ4v) is 3.13. The molecule has 0 unspecified atom stereocenters.